The van der Waals surface area contributed by atoms with Gasteiger partial charge in [-0.15, -0.1) is 0 Å². The van der Waals surface area contributed by atoms with Crippen molar-refractivity contribution in [3.05, 3.63) is 23.3 Å². The van der Waals surface area contributed by atoms with Gasteiger partial charge >= 0.3 is 0 Å². The quantitative estimate of drug-likeness (QED) is 0.841. The highest BCUT2D eigenvalue weighted by Crippen LogP contribution is 2.44. The van der Waals surface area contributed by atoms with Crippen LogP contribution < -0.4 is 10.5 Å². The molecule has 2 aliphatic carbocycles. The van der Waals surface area contributed by atoms with Gasteiger partial charge in [-0.1, -0.05) is 6.42 Å². The largest absolute Gasteiger partial charge is 0.399 e. The minimum atomic E-state index is -3.47. The van der Waals surface area contributed by atoms with E-state index >= 15 is 0 Å². The fourth-order valence-corrected chi connectivity index (χ4v) is 5.45. The fraction of sp³-hybridized carbons (Fsp3) is 0.600. The number of benzene rings is 1. The van der Waals surface area contributed by atoms with Crippen LogP contribution in [0.25, 0.3) is 0 Å². The lowest BCUT2D eigenvalue weighted by molar-refractivity contribution is 0.390. The summed E-state index contributed by atoms with van der Waals surface area (Å²) in [6, 6.07) is 3.49. The summed E-state index contributed by atoms with van der Waals surface area (Å²) < 4.78 is 28.2. The summed E-state index contributed by atoms with van der Waals surface area (Å²) in [5.41, 5.74) is 8.00. The molecule has 20 heavy (non-hydrogen) atoms. The lowest BCUT2D eigenvalue weighted by Crippen LogP contribution is -2.38. The second kappa shape index (κ2) is 4.74. The van der Waals surface area contributed by atoms with Gasteiger partial charge < -0.3 is 5.73 Å². The Morgan fingerprint density at radius 3 is 2.55 bits per heavy atom. The number of anilines is 1. The molecule has 4 nitrogen and oxygen atoms in total. The van der Waals surface area contributed by atoms with Gasteiger partial charge in [0.15, 0.2) is 0 Å². The van der Waals surface area contributed by atoms with E-state index in [4.69, 9.17) is 5.73 Å². The molecule has 5 heteroatoms. The predicted octanol–water partition coefficient (Wildman–Crippen LogP) is 2.35. The fourth-order valence-electron chi connectivity index (χ4n) is 3.78. The van der Waals surface area contributed by atoms with Gasteiger partial charge in [0.1, 0.15) is 0 Å². The van der Waals surface area contributed by atoms with E-state index in [-0.39, 0.29) is 6.04 Å². The molecule has 2 fully saturated rings. The number of fused-ring (bicyclic) bond motifs is 2. The lowest BCUT2D eigenvalue weighted by Gasteiger charge is -2.23. The van der Waals surface area contributed by atoms with Gasteiger partial charge in [-0.3, -0.25) is 0 Å². The molecular formula is C15H22N2O2S. The maximum atomic E-state index is 12.6. The third-order valence-electron chi connectivity index (χ3n) is 4.98. The zero-order valence-corrected chi connectivity index (χ0v) is 12.8. The molecule has 3 rings (SSSR count). The van der Waals surface area contributed by atoms with Crippen molar-refractivity contribution in [2.45, 2.75) is 50.5 Å². The average Bonchev–Trinajstić information content (AvgIpc) is 2.95. The summed E-state index contributed by atoms with van der Waals surface area (Å²) >= 11 is 0. The molecule has 0 aliphatic heterocycles. The second-order valence-electron chi connectivity index (χ2n) is 6.36. The number of hydrogen-bond donors (Lipinski definition) is 2. The Balaban J connectivity index is 1.89. The molecule has 0 saturated heterocycles. The number of nitrogens with two attached hydrogens (primary N) is 1. The number of hydrogen-bond acceptors (Lipinski definition) is 3. The Morgan fingerprint density at radius 1 is 1.20 bits per heavy atom. The van der Waals surface area contributed by atoms with Crippen molar-refractivity contribution >= 4 is 15.7 Å². The molecule has 2 bridgehead atoms. The van der Waals surface area contributed by atoms with Crippen LogP contribution >= 0.6 is 0 Å². The zero-order valence-electron chi connectivity index (χ0n) is 12.0. The first kappa shape index (κ1) is 13.9. The molecule has 0 amide bonds. The molecule has 110 valence electrons. The average molecular weight is 294 g/mol. The van der Waals surface area contributed by atoms with E-state index in [1.54, 1.807) is 6.07 Å². The molecule has 0 aromatic heterocycles. The van der Waals surface area contributed by atoms with E-state index < -0.39 is 10.0 Å². The van der Waals surface area contributed by atoms with Crippen molar-refractivity contribution in [2.75, 3.05) is 5.73 Å². The monoisotopic (exact) mass is 294 g/mol. The van der Waals surface area contributed by atoms with E-state index in [0.29, 0.717) is 16.5 Å². The number of aryl methyl sites for hydroxylation is 1. The number of nitrogens with one attached hydrogen (secondary N) is 1. The highest BCUT2D eigenvalue weighted by molar-refractivity contribution is 7.89. The lowest BCUT2D eigenvalue weighted by atomic mass is 9.96. The SMILES string of the molecule is Cc1cc(N)cc(S(=O)(=O)NC2CC3CCC2C3)c1C. The summed E-state index contributed by atoms with van der Waals surface area (Å²) in [6.45, 7) is 3.73. The summed E-state index contributed by atoms with van der Waals surface area (Å²) in [5.74, 6) is 1.24. The van der Waals surface area contributed by atoms with Gasteiger partial charge in [-0.05, 0) is 68.2 Å². The molecular weight excluding hydrogens is 272 g/mol. The predicted molar refractivity (Wildman–Crippen MR) is 79.9 cm³/mol. The van der Waals surface area contributed by atoms with Gasteiger partial charge in [0.25, 0.3) is 0 Å². The van der Waals surface area contributed by atoms with Crippen LogP contribution in [-0.2, 0) is 10.0 Å². The molecule has 0 spiro atoms. The summed E-state index contributed by atoms with van der Waals surface area (Å²) in [5, 5.41) is 0. The van der Waals surface area contributed by atoms with Crippen LogP contribution in [0.2, 0.25) is 0 Å². The molecule has 2 saturated carbocycles. The minimum absolute atomic E-state index is 0.111. The van der Waals surface area contributed by atoms with Gasteiger partial charge in [0, 0.05) is 11.7 Å². The topological polar surface area (TPSA) is 72.2 Å². The molecule has 1 aromatic rings. The van der Waals surface area contributed by atoms with Crippen LogP contribution in [-0.4, -0.2) is 14.5 Å². The summed E-state index contributed by atoms with van der Waals surface area (Å²) in [4.78, 5) is 0.331. The molecule has 3 atom stereocenters. The Kier molecular flexibility index (Phi) is 3.29. The van der Waals surface area contributed by atoms with E-state index in [1.807, 2.05) is 19.9 Å². The smallest absolute Gasteiger partial charge is 0.241 e. The van der Waals surface area contributed by atoms with Crippen LogP contribution in [0.15, 0.2) is 17.0 Å². The number of rotatable bonds is 3. The van der Waals surface area contributed by atoms with Crippen LogP contribution in [0, 0.1) is 25.7 Å². The van der Waals surface area contributed by atoms with Crippen molar-refractivity contribution < 1.29 is 8.42 Å². The third kappa shape index (κ3) is 2.33. The van der Waals surface area contributed by atoms with Crippen molar-refractivity contribution in [3.8, 4) is 0 Å². The Morgan fingerprint density at radius 2 is 1.95 bits per heavy atom. The van der Waals surface area contributed by atoms with Crippen molar-refractivity contribution in [1.82, 2.24) is 4.72 Å². The summed E-state index contributed by atoms with van der Waals surface area (Å²) in [6.07, 6.45) is 4.60. The number of sulfonamides is 1. The minimum Gasteiger partial charge on any atom is -0.399 e. The van der Waals surface area contributed by atoms with Crippen molar-refractivity contribution in [3.63, 3.8) is 0 Å². The standard InChI is InChI=1S/C15H22N2O2S/c1-9-5-13(16)8-15(10(9)2)20(18,19)17-14-7-11-3-4-12(14)6-11/h5,8,11-12,14,17H,3-4,6-7,16H2,1-2H3. The van der Waals surface area contributed by atoms with E-state index in [2.05, 4.69) is 4.72 Å². The van der Waals surface area contributed by atoms with Crippen molar-refractivity contribution in [1.29, 1.82) is 0 Å². The molecule has 0 heterocycles. The maximum absolute atomic E-state index is 12.6. The van der Waals surface area contributed by atoms with Crippen molar-refractivity contribution in [2.24, 2.45) is 11.8 Å². The Bertz CT molecular complexity index is 640. The van der Waals surface area contributed by atoms with Gasteiger partial charge in [0.05, 0.1) is 4.90 Å². The van der Waals surface area contributed by atoms with Gasteiger partial charge in [0.2, 0.25) is 10.0 Å². The third-order valence-corrected chi connectivity index (χ3v) is 6.59. The van der Waals surface area contributed by atoms with Crippen LogP contribution in [0.5, 0.6) is 0 Å². The van der Waals surface area contributed by atoms with E-state index in [0.717, 1.165) is 29.9 Å². The zero-order chi connectivity index (χ0) is 14.5. The summed E-state index contributed by atoms with van der Waals surface area (Å²) in [7, 11) is -3.47. The van der Waals surface area contributed by atoms with Gasteiger partial charge in [-0.25, -0.2) is 13.1 Å². The molecule has 3 unspecified atom stereocenters. The Labute approximate surface area is 120 Å². The normalized spacial score (nSPS) is 29.0. The molecule has 2 aliphatic rings. The second-order valence-corrected chi connectivity index (χ2v) is 8.05. The van der Waals surface area contributed by atoms with E-state index in [9.17, 15) is 8.42 Å². The first-order valence-corrected chi connectivity index (χ1v) is 8.74. The molecule has 1 aromatic carbocycles. The Hall–Kier alpha value is -1.07. The number of nitrogen functional groups attached to an aromatic ring is 1. The molecule has 0 radical (unpaired) electrons. The van der Waals surface area contributed by atoms with Crippen LogP contribution in [0.4, 0.5) is 5.69 Å². The van der Waals surface area contributed by atoms with Crippen LogP contribution in [0.1, 0.15) is 36.8 Å². The first-order valence-electron chi connectivity index (χ1n) is 7.26. The molecule has 3 N–H and O–H groups in total. The first-order chi connectivity index (χ1) is 9.37. The van der Waals surface area contributed by atoms with Crippen LogP contribution in [0.3, 0.4) is 0 Å². The maximum Gasteiger partial charge on any atom is 0.241 e. The highest BCUT2D eigenvalue weighted by atomic mass is 32.2. The van der Waals surface area contributed by atoms with E-state index in [1.165, 1.54) is 12.8 Å². The highest BCUT2D eigenvalue weighted by Gasteiger charge is 2.41. The van der Waals surface area contributed by atoms with Gasteiger partial charge in [-0.2, -0.15) is 0 Å².